The lowest BCUT2D eigenvalue weighted by atomic mass is 9.90. The number of carbonyl (C=O) groups excluding carboxylic acids is 1. The number of amides is 1. The van der Waals surface area contributed by atoms with E-state index < -0.39 is 12.0 Å². The van der Waals surface area contributed by atoms with Gasteiger partial charge in [-0.1, -0.05) is 13.8 Å². The Balaban J connectivity index is 4.05. The van der Waals surface area contributed by atoms with Crippen molar-refractivity contribution < 1.29 is 15.0 Å². The van der Waals surface area contributed by atoms with Crippen LogP contribution in [0, 0.1) is 11.8 Å². The second kappa shape index (κ2) is 5.11. The lowest BCUT2D eigenvalue weighted by Gasteiger charge is -2.19. The molecule has 2 unspecified atom stereocenters. The van der Waals surface area contributed by atoms with Crippen molar-refractivity contribution in [2.75, 3.05) is 6.61 Å². The van der Waals surface area contributed by atoms with Crippen LogP contribution in [0.25, 0.3) is 0 Å². The van der Waals surface area contributed by atoms with Crippen LogP contribution in [0.4, 0.5) is 0 Å². The number of rotatable bonds is 5. The summed E-state index contributed by atoms with van der Waals surface area (Å²) in [5, 5.41) is 17.6. The Labute approximate surface area is 72.4 Å². The molecule has 0 spiro atoms. The third kappa shape index (κ3) is 3.69. The van der Waals surface area contributed by atoms with Crippen molar-refractivity contribution in [3.05, 3.63) is 0 Å². The van der Waals surface area contributed by atoms with Gasteiger partial charge in [-0.05, 0) is 12.3 Å². The van der Waals surface area contributed by atoms with Gasteiger partial charge in [-0.25, -0.2) is 0 Å². The zero-order chi connectivity index (χ0) is 9.72. The minimum atomic E-state index is -0.843. The van der Waals surface area contributed by atoms with Gasteiger partial charge in [-0.2, -0.15) is 0 Å². The summed E-state index contributed by atoms with van der Waals surface area (Å²) in [5.74, 6) is -0.673. The van der Waals surface area contributed by atoms with Crippen LogP contribution in [-0.4, -0.2) is 28.8 Å². The molecule has 4 N–H and O–H groups in total. The highest BCUT2D eigenvalue weighted by Gasteiger charge is 2.22. The lowest BCUT2D eigenvalue weighted by molar-refractivity contribution is -0.124. The highest BCUT2D eigenvalue weighted by Crippen LogP contribution is 2.16. The van der Waals surface area contributed by atoms with Crippen molar-refractivity contribution in [2.45, 2.75) is 26.4 Å². The topological polar surface area (TPSA) is 83.6 Å². The van der Waals surface area contributed by atoms with E-state index in [9.17, 15) is 4.79 Å². The highest BCUT2D eigenvalue weighted by atomic mass is 16.3. The summed E-state index contributed by atoms with van der Waals surface area (Å²) in [4.78, 5) is 10.8. The van der Waals surface area contributed by atoms with E-state index in [1.807, 2.05) is 13.8 Å². The summed E-state index contributed by atoms with van der Waals surface area (Å²) < 4.78 is 0. The minimum Gasteiger partial charge on any atom is -0.394 e. The molecule has 0 aliphatic heterocycles. The zero-order valence-corrected chi connectivity index (χ0v) is 7.53. The standard InChI is InChI=1S/C8H17NO3/c1-5(2)7(8(9)12)3-6(11)4-10/h5-7,10-11H,3-4H2,1-2H3,(H2,9,12). The molecule has 12 heavy (non-hydrogen) atoms. The van der Waals surface area contributed by atoms with Gasteiger partial charge < -0.3 is 15.9 Å². The number of hydrogen-bond donors (Lipinski definition) is 3. The number of primary amides is 1. The Kier molecular flexibility index (Phi) is 4.85. The van der Waals surface area contributed by atoms with Gasteiger partial charge in [0.2, 0.25) is 5.91 Å². The third-order valence-corrected chi connectivity index (χ3v) is 1.91. The first-order valence-corrected chi connectivity index (χ1v) is 4.07. The Bertz CT molecular complexity index is 147. The van der Waals surface area contributed by atoms with Crippen molar-refractivity contribution >= 4 is 5.91 Å². The summed E-state index contributed by atoms with van der Waals surface area (Å²) >= 11 is 0. The highest BCUT2D eigenvalue weighted by molar-refractivity contribution is 5.76. The fourth-order valence-corrected chi connectivity index (χ4v) is 1.08. The fraction of sp³-hybridized carbons (Fsp3) is 0.875. The number of carbonyl (C=O) groups is 1. The van der Waals surface area contributed by atoms with E-state index in [1.54, 1.807) is 0 Å². The largest absolute Gasteiger partial charge is 0.394 e. The van der Waals surface area contributed by atoms with Crippen LogP contribution in [0.3, 0.4) is 0 Å². The molecule has 0 aliphatic carbocycles. The molecule has 0 aliphatic rings. The van der Waals surface area contributed by atoms with Crippen LogP contribution in [0.1, 0.15) is 20.3 Å². The molecule has 0 saturated heterocycles. The molecule has 0 rings (SSSR count). The Morgan fingerprint density at radius 1 is 1.50 bits per heavy atom. The number of nitrogens with two attached hydrogens (primary N) is 1. The van der Waals surface area contributed by atoms with Gasteiger partial charge in [0.05, 0.1) is 12.7 Å². The fourth-order valence-electron chi connectivity index (χ4n) is 1.08. The molecule has 2 atom stereocenters. The molecule has 0 aromatic rings. The van der Waals surface area contributed by atoms with Gasteiger partial charge in [0.15, 0.2) is 0 Å². The van der Waals surface area contributed by atoms with Crippen LogP contribution in [-0.2, 0) is 4.79 Å². The molecule has 1 amide bonds. The van der Waals surface area contributed by atoms with Gasteiger partial charge in [-0.15, -0.1) is 0 Å². The van der Waals surface area contributed by atoms with Gasteiger partial charge in [-0.3, -0.25) is 4.79 Å². The molecule has 72 valence electrons. The van der Waals surface area contributed by atoms with Crippen LogP contribution >= 0.6 is 0 Å². The van der Waals surface area contributed by atoms with E-state index in [1.165, 1.54) is 0 Å². The van der Waals surface area contributed by atoms with Crippen molar-refractivity contribution in [3.63, 3.8) is 0 Å². The van der Waals surface area contributed by atoms with Crippen molar-refractivity contribution in [2.24, 2.45) is 17.6 Å². The molecule has 0 bridgehead atoms. The number of aliphatic hydroxyl groups is 2. The maximum absolute atomic E-state index is 10.8. The van der Waals surface area contributed by atoms with Gasteiger partial charge in [0.1, 0.15) is 0 Å². The Hall–Kier alpha value is -0.610. The molecular weight excluding hydrogens is 158 g/mol. The van der Waals surface area contributed by atoms with Crippen molar-refractivity contribution in [1.82, 2.24) is 0 Å². The molecule has 0 fully saturated rings. The van der Waals surface area contributed by atoms with E-state index in [-0.39, 0.29) is 24.9 Å². The summed E-state index contributed by atoms with van der Waals surface area (Å²) in [7, 11) is 0. The quantitative estimate of drug-likeness (QED) is 0.526. The summed E-state index contributed by atoms with van der Waals surface area (Å²) in [6.07, 6.45) is -0.603. The molecule has 4 nitrogen and oxygen atoms in total. The zero-order valence-electron chi connectivity index (χ0n) is 7.53. The minimum absolute atomic E-state index is 0.101. The van der Waals surface area contributed by atoms with Crippen LogP contribution in [0.15, 0.2) is 0 Å². The van der Waals surface area contributed by atoms with E-state index in [0.717, 1.165) is 0 Å². The summed E-state index contributed by atoms with van der Waals surface area (Å²) in [6.45, 7) is 3.40. The monoisotopic (exact) mass is 175 g/mol. The third-order valence-electron chi connectivity index (χ3n) is 1.91. The first kappa shape index (κ1) is 11.4. The Morgan fingerprint density at radius 2 is 2.00 bits per heavy atom. The smallest absolute Gasteiger partial charge is 0.220 e. The molecule has 0 aromatic heterocycles. The van der Waals surface area contributed by atoms with E-state index >= 15 is 0 Å². The number of aliphatic hydroxyl groups excluding tert-OH is 2. The van der Waals surface area contributed by atoms with E-state index in [0.29, 0.717) is 0 Å². The van der Waals surface area contributed by atoms with Crippen LogP contribution in [0.2, 0.25) is 0 Å². The maximum atomic E-state index is 10.8. The second-order valence-corrected chi connectivity index (χ2v) is 3.32. The molecule has 0 aromatic carbocycles. The predicted octanol–water partition coefficient (Wildman–Crippen LogP) is -0.513. The first-order valence-electron chi connectivity index (χ1n) is 4.07. The molecule has 0 saturated carbocycles. The van der Waals surface area contributed by atoms with Crippen molar-refractivity contribution in [1.29, 1.82) is 0 Å². The Morgan fingerprint density at radius 3 is 2.25 bits per heavy atom. The normalized spacial score (nSPS) is 16.1. The lowest BCUT2D eigenvalue weighted by Crippen LogP contribution is -2.31. The average Bonchev–Trinajstić information content (AvgIpc) is 1.98. The summed E-state index contributed by atoms with van der Waals surface area (Å²) in [6, 6.07) is 0. The first-order chi connectivity index (χ1) is 5.49. The van der Waals surface area contributed by atoms with E-state index in [4.69, 9.17) is 15.9 Å². The van der Waals surface area contributed by atoms with Gasteiger partial charge >= 0.3 is 0 Å². The molecule has 4 heteroatoms. The van der Waals surface area contributed by atoms with Crippen LogP contribution < -0.4 is 5.73 Å². The van der Waals surface area contributed by atoms with E-state index in [2.05, 4.69) is 0 Å². The molecule has 0 heterocycles. The molecule has 0 radical (unpaired) electrons. The predicted molar refractivity (Wildman–Crippen MR) is 45.2 cm³/mol. The summed E-state index contributed by atoms with van der Waals surface area (Å²) in [5.41, 5.74) is 5.11. The second-order valence-electron chi connectivity index (χ2n) is 3.32. The average molecular weight is 175 g/mol. The van der Waals surface area contributed by atoms with Gasteiger partial charge in [0, 0.05) is 5.92 Å². The van der Waals surface area contributed by atoms with Gasteiger partial charge in [0.25, 0.3) is 0 Å². The molecular formula is C8H17NO3. The SMILES string of the molecule is CC(C)C(CC(O)CO)C(N)=O. The number of hydrogen-bond acceptors (Lipinski definition) is 3. The van der Waals surface area contributed by atoms with Crippen molar-refractivity contribution in [3.8, 4) is 0 Å². The maximum Gasteiger partial charge on any atom is 0.220 e. The van der Waals surface area contributed by atoms with Crippen LogP contribution in [0.5, 0.6) is 0 Å².